The summed E-state index contributed by atoms with van der Waals surface area (Å²) in [5.41, 5.74) is 4.07. The van der Waals surface area contributed by atoms with Crippen LogP contribution in [0.15, 0.2) is 47.5 Å². The third kappa shape index (κ3) is 5.28. The molecular formula is C33H36ClN3O4. The molecule has 1 fully saturated rings. The summed E-state index contributed by atoms with van der Waals surface area (Å²) < 4.78 is 6.10. The van der Waals surface area contributed by atoms with Crippen molar-refractivity contribution in [3.05, 3.63) is 59.2 Å². The van der Waals surface area contributed by atoms with Gasteiger partial charge in [0.1, 0.15) is 11.5 Å². The lowest BCUT2D eigenvalue weighted by molar-refractivity contribution is -0.118. The zero-order chi connectivity index (χ0) is 28.5. The van der Waals surface area contributed by atoms with E-state index in [2.05, 4.69) is 4.99 Å². The Morgan fingerprint density at radius 1 is 1.12 bits per heavy atom. The molecule has 1 N–H and O–H groups in total. The number of amides is 2. The second-order valence-corrected chi connectivity index (χ2v) is 11.7. The van der Waals surface area contributed by atoms with Gasteiger partial charge in [0.05, 0.1) is 29.6 Å². The van der Waals surface area contributed by atoms with Gasteiger partial charge in [-0.3, -0.25) is 14.6 Å². The number of fused-ring (bicyclic) bond motifs is 5. The molecule has 0 aliphatic carbocycles. The van der Waals surface area contributed by atoms with E-state index in [-0.39, 0.29) is 29.5 Å². The first kappa shape index (κ1) is 27.6. The van der Waals surface area contributed by atoms with Crippen LogP contribution in [0.2, 0.25) is 0 Å². The van der Waals surface area contributed by atoms with Crippen molar-refractivity contribution < 1.29 is 19.4 Å². The molecule has 3 aromatic rings. The van der Waals surface area contributed by atoms with E-state index in [1.165, 1.54) is 0 Å². The van der Waals surface area contributed by atoms with Crippen LogP contribution in [0, 0.1) is 6.92 Å². The first-order valence-electron chi connectivity index (χ1n) is 14.7. The van der Waals surface area contributed by atoms with Gasteiger partial charge in [-0.15, -0.1) is 11.6 Å². The van der Waals surface area contributed by atoms with Crippen LogP contribution in [-0.4, -0.2) is 59.7 Å². The third-order valence-electron chi connectivity index (χ3n) is 8.64. The van der Waals surface area contributed by atoms with Gasteiger partial charge in [-0.05, 0) is 68.0 Å². The molecule has 0 bridgehead atoms. The smallest absolute Gasteiger partial charge is 0.256 e. The predicted molar refractivity (Wildman–Crippen MR) is 163 cm³/mol. The van der Waals surface area contributed by atoms with Gasteiger partial charge in [-0.2, -0.15) is 0 Å². The van der Waals surface area contributed by atoms with E-state index >= 15 is 0 Å². The van der Waals surface area contributed by atoms with E-state index in [0.717, 1.165) is 78.4 Å². The number of aryl methyl sites for hydroxylation is 1. The number of hydrogen-bond donors (Lipinski definition) is 1. The van der Waals surface area contributed by atoms with Gasteiger partial charge >= 0.3 is 0 Å². The molecule has 3 aliphatic rings. The van der Waals surface area contributed by atoms with E-state index < -0.39 is 0 Å². The van der Waals surface area contributed by atoms with Crippen molar-refractivity contribution in [3.63, 3.8) is 0 Å². The van der Waals surface area contributed by atoms with E-state index in [1.807, 2.05) is 54.4 Å². The molecule has 0 aromatic heterocycles. The number of phenols is 1. The lowest BCUT2D eigenvalue weighted by Crippen LogP contribution is -2.43. The van der Waals surface area contributed by atoms with Gasteiger partial charge in [0.25, 0.3) is 5.91 Å². The number of piperidine rings is 1. The van der Waals surface area contributed by atoms with Crippen molar-refractivity contribution in [1.82, 2.24) is 4.90 Å². The molecule has 0 radical (unpaired) electrons. The third-order valence-corrected chi connectivity index (χ3v) is 9.02. The molecular weight excluding hydrogens is 538 g/mol. The van der Waals surface area contributed by atoms with Crippen molar-refractivity contribution in [2.45, 2.75) is 63.8 Å². The average Bonchev–Trinajstić information content (AvgIpc) is 3.31. The monoisotopic (exact) mass is 573 g/mol. The van der Waals surface area contributed by atoms with E-state index in [1.54, 1.807) is 11.0 Å². The fourth-order valence-corrected chi connectivity index (χ4v) is 6.71. The van der Waals surface area contributed by atoms with Crippen molar-refractivity contribution in [1.29, 1.82) is 0 Å². The van der Waals surface area contributed by atoms with Crippen LogP contribution >= 0.6 is 11.6 Å². The molecule has 41 heavy (non-hydrogen) atoms. The molecule has 0 unspecified atom stereocenters. The number of unbranched alkanes of at least 4 members (excludes halogenated alkanes) is 2. The average molecular weight is 574 g/mol. The van der Waals surface area contributed by atoms with E-state index in [9.17, 15) is 14.7 Å². The minimum Gasteiger partial charge on any atom is -0.507 e. The molecule has 8 heteroatoms. The van der Waals surface area contributed by atoms with E-state index in [0.29, 0.717) is 36.7 Å². The molecule has 214 valence electrons. The Kier molecular flexibility index (Phi) is 7.89. The summed E-state index contributed by atoms with van der Waals surface area (Å²) in [6.45, 7) is 3.81. The van der Waals surface area contributed by atoms with Crippen LogP contribution in [0.4, 0.5) is 11.4 Å². The molecule has 3 heterocycles. The molecule has 7 nitrogen and oxygen atoms in total. The Hall–Kier alpha value is -3.58. The van der Waals surface area contributed by atoms with Crippen LogP contribution in [0.5, 0.6) is 11.5 Å². The largest absolute Gasteiger partial charge is 0.507 e. The molecule has 3 aromatic carbocycles. The molecule has 1 saturated heterocycles. The Bertz CT molecular complexity index is 1520. The maximum absolute atomic E-state index is 13.2. The number of hydrogen-bond acceptors (Lipinski definition) is 5. The standard InChI is InChI=1S/C33H36ClN3O4/c1-21-15-26-27(35-19-23-9-6-7-13-36(23)33(26)40)16-30(21)41-14-8-2-3-12-31(39)37-20-22(18-34)32-25-11-5-4-10-24(25)29(38)17-28(32)37/h4-5,10-11,15-17,19,22-23,38H,2-3,6-9,12-14,18,20H2,1H3/t22-,23+/m1/s1. The van der Waals surface area contributed by atoms with Crippen LogP contribution in [0.1, 0.15) is 72.3 Å². The Labute approximate surface area is 245 Å². The highest BCUT2D eigenvalue weighted by Gasteiger charge is 2.34. The maximum atomic E-state index is 13.2. The van der Waals surface area contributed by atoms with Gasteiger partial charge in [-0.1, -0.05) is 24.3 Å². The van der Waals surface area contributed by atoms with E-state index in [4.69, 9.17) is 16.3 Å². The highest BCUT2D eigenvalue weighted by molar-refractivity contribution is 6.19. The lowest BCUT2D eigenvalue weighted by atomic mass is 9.95. The highest BCUT2D eigenvalue weighted by Crippen LogP contribution is 2.45. The fourth-order valence-electron chi connectivity index (χ4n) is 6.46. The maximum Gasteiger partial charge on any atom is 0.256 e. The fraction of sp³-hybridized carbons (Fsp3) is 0.424. The summed E-state index contributed by atoms with van der Waals surface area (Å²) in [5.74, 6) is 1.50. The van der Waals surface area contributed by atoms with Gasteiger partial charge in [-0.25, -0.2) is 0 Å². The highest BCUT2D eigenvalue weighted by atomic mass is 35.5. The van der Waals surface area contributed by atoms with Crippen LogP contribution < -0.4 is 9.64 Å². The Morgan fingerprint density at radius 3 is 2.78 bits per heavy atom. The zero-order valence-electron chi connectivity index (χ0n) is 23.4. The number of phenolic OH excluding ortho intramolecular Hbond substituents is 1. The first-order chi connectivity index (χ1) is 20.0. The van der Waals surface area contributed by atoms with Crippen molar-refractivity contribution in [3.8, 4) is 11.5 Å². The van der Waals surface area contributed by atoms with Crippen LogP contribution in [0.3, 0.4) is 0 Å². The first-order valence-corrected chi connectivity index (χ1v) is 15.2. The molecule has 3 aliphatic heterocycles. The number of aliphatic imine (C=N–C) groups is 1. The summed E-state index contributed by atoms with van der Waals surface area (Å²) in [4.78, 5) is 34.8. The minimum absolute atomic E-state index is 0.0412. The number of ether oxygens (including phenoxy) is 1. The SMILES string of the molecule is Cc1cc2c(cc1OCCCCCC(=O)N1C[C@@H](CCl)c3c1cc(O)c1ccccc31)N=C[C@@H]1CCCCN1C2=O. The number of nitrogens with zero attached hydrogens (tertiary/aromatic N) is 3. The number of halogens is 1. The van der Waals surface area contributed by atoms with Crippen LogP contribution in [-0.2, 0) is 4.79 Å². The summed E-state index contributed by atoms with van der Waals surface area (Å²) in [7, 11) is 0. The van der Waals surface area contributed by atoms with Gasteiger partial charge < -0.3 is 19.6 Å². The Balaban J connectivity index is 1.03. The van der Waals surface area contributed by atoms with Crippen LogP contribution in [0.25, 0.3) is 10.8 Å². The molecule has 0 spiro atoms. The second-order valence-electron chi connectivity index (χ2n) is 11.4. The van der Waals surface area contributed by atoms with Gasteiger partial charge in [0.2, 0.25) is 5.91 Å². The number of carbonyl (C=O) groups excluding carboxylic acids is 2. The number of benzene rings is 3. The quantitative estimate of drug-likeness (QED) is 0.235. The van der Waals surface area contributed by atoms with Crippen molar-refractivity contribution in [2.75, 3.05) is 30.5 Å². The summed E-state index contributed by atoms with van der Waals surface area (Å²) in [6.07, 6.45) is 7.88. The van der Waals surface area contributed by atoms with Gasteiger partial charge in [0, 0.05) is 55.0 Å². The molecule has 0 saturated carbocycles. The Morgan fingerprint density at radius 2 is 1.95 bits per heavy atom. The molecule has 2 atom stereocenters. The zero-order valence-corrected chi connectivity index (χ0v) is 24.2. The summed E-state index contributed by atoms with van der Waals surface area (Å²) in [6, 6.07) is 13.3. The number of aromatic hydroxyl groups is 1. The topological polar surface area (TPSA) is 82.4 Å². The predicted octanol–water partition coefficient (Wildman–Crippen LogP) is 6.87. The molecule has 2 amide bonds. The number of carbonyl (C=O) groups is 2. The minimum atomic E-state index is 0.0412. The molecule has 6 rings (SSSR count). The number of rotatable bonds is 8. The van der Waals surface area contributed by atoms with Crippen molar-refractivity contribution in [2.24, 2.45) is 4.99 Å². The normalized spacial score (nSPS) is 19.6. The second kappa shape index (κ2) is 11.7. The summed E-state index contributed by atoms with van der Waals surface area (Å²) >= 11 is 6.31. The number of alkyl halides is 1. The van der Waals surface area contributed by atoms with Gasteiger partial charge in [0.15, 0.2) is 0 Å². The lowest BCUT2D eigenvalue weighted by Gasteiger charge is -2.32. The van der Waals surface area contributed by atoms with Crippen molar-refractivity contribution >= 4 is 51.8 Å². The summed E-state index contributed by atoms with van der Waals surface area (Å²) in [5, 5.41) is 12.4. The number of anilines is 1.